The third kappa shape index (κ3) is 14.3. The zero-order valence-corrected chi connectivity index (χ0v) is 24.4. The van der Waals surface area contributed by atoms with Gasteiger partial charge >= 0.3 is 0 Å². The number of aryl methyl sites for hydroxylation is 1. The summed E-state index contributed by atoms with van der Waals surface area (Å²) >= 11 is 0. The smallest absolute Gasteiger partial charge is 0.196 e. The summed E-state index contributed by atoms with van der Waals surface area (Å²) in [7, 11) is 0. The van der Waals surface area contributed by atoms with Crippen molar-refractivity contribution in [3.63, 3.8) is 0 Å². The molecular formula is C34H56O4. The van der Waals surface area contributed by atoms with E-state index >= 15 is 0 Å². The Morgan fingerprint density at radius 2 is 0.947 bits per heavy atom. The van der Waals surface area contributed by atoms with Crippen LogP contribution in [0.3, 0.4) is 0 Å². The first kappa shape index (κ1) is 32.2. The highest BCUT2D eigenvalue weighted by molar-refractivity contribution is 5.84. The molecule has 2 rings (SSSR count). The van der Waals surface area contributed by atoms with Crippen molar-refractivity contribution in [1.82, 2.24) is 0 Å². The van der Waals surface area contributed by atoms with E-state index < -0.39 is 0 Å². The highest BCUT2D eigenvalue weighted by Crippen LogP contribution is 2.28. The second kappa shape index (κ2) is 20.9. The van der Waals surface area contributed by atoms with Crippen molar-refractivity contribution in [2.45, 2.75) is 161 Å². The molecule has 2 N–H and O–H groups in total. The van der Waals surface area contributed by atoms with Gasteiger partial charge in [0.05, 0.1) is 0 Å². The zero-order valence-electron chi connectivity index (χ0n) is 24.4. The third-order valence-electron chi connectivity index (χ3n) is 7.87. The highest BCUT2D eigenvalue weighted by atomic mass is 16.3. The van der Waals surface area contributed by atoms with Crippen LogP contribution in [0.15, 0.2) is 27.4 Å². The Kier molecular flexibility index (Phi) is 17.8. The quantitative estimate of drug-likeness (QED) is 0.133. The van der Waals surface area contributed by atoms with Crippen LogP contribution in [-0.2, 0) is 6.42 Å². The maximum atomic E-state index is 12.3. The second-order valence-corrected chi connectivity index (χ2v) is 11.4. The van der Waals surface area contributed by atoms with Gasteiger partial charge in [-0.25, -0.2) is 0 Å². The summed E-state index contributed by atoms with van der Waals surface area (Å²) in [5.41, 5.74) is -0.00748. The van der Waals surface area contributed by atoms with Crippen LogP contribution in [0.5, 0.6) is 11.5 Å². The summed E-state index contributed by atoms with van der Waals surface area (Å²) in [6.45, 7) is 2.29. The van der Waals surface area contributed by atoms with E-state index in [4.69, 9.17) is 4.42 Å². The predicted octanol–water partition coefficient (Wildman–Crippen LogP) is 10.7. The second-order valence-electron chi connectivity index (χ2n) is 11.4. The molecule has 1 aromatic heterocycles. The fourth-order valence-electron chi connectivity index (χ4n) is 5.51. The first-order valence-corrected chi connectivity index (χ1v) is 16.1. The number of phenols is 2. The first-order chi connectivity index (χ1) is 18.6. The zero-order chi connectivity index (χ0) is 27.3. The number of aromatic hydroxyl groups is 2. The maximum absolute atomic E-state index is 12.3. The molecule has 0 bridgehead atoms. The average Bonchev–Trinajstić information content (AvgIpc) is 2.88. The summed E-state index contributed by atoms with van der Waals surface area (Å²) < 4.78 is 5.73. The van der Waals surface area contributed by atoms with E-state index in [1.165, 1.54) is 153 Å². The van der Waals surface area contributed by atoms with Crippen molar-refractivity contribution in [1.29, 1.82) is 0 Å². The number of benzene rings is 1. The molecular weight excluding hydrogens is 472 g/mol. The van der Waals surface area contributed by atoms with Crippen LogP contribution in [0.25, 0.3) is 11.0 Å². The van der Waals surface area contributed by atoms with Crippen LogP contribution in [0.4, 0.5) is 0 Å². The molecule has 0 saturated heterocycles. The largest absolute Gasteiger partial charge is 0.508 e. The lowest BCUT2D eigenvalue weighted by molar-refractivity contribution is 0.449. The fourth-order valence-corrected chi connectivity index (χ4v) is 5.51. The minimum Gasteiger partial charge on any atom is -0.508 e. The summed E-state index contributed by atoms with van der Waals surface area (Å²) in [6, 6.07) is 4.02. The van der Waals surface area contributed by atoms with E-state index in [9.17, 15) is 15.0 Å². The molecule has 0 aliphatic rings. The van der Waals surface area contributed by atoms with Crippen molar-refractivity contribution in [3.05, 3.63) is 34.2 Å². The van der Waals surface area contributed by atoms with Gasteiger partial charge in [0.25, 0.3) is 0 Å². The van der Waals surface area contributed by atoms with Gasteiger partial charge in [0, 0.05) is 24.6 Å². The fraction of sp³-hybridized carbons (Fsp3) is 0.735. The maximum Gasteiger partial charge on any atom is 0.196 e. The number of phenolic OH excluding ortho intramolecular Hbond substituents is 2. The summed E-state index contributed by atoms with van der Waals surface area (Å²) in [6.07, 6.45) is 32.3. The molecule has 0 saturated carbocycles. The Morgan fingerprint density at radius 3 is 1.37 bits per heavy atom. The SMILES string of the molecule is CCCCCCCCCCCCCCCCCCCCCCCCCc1cc(=O)c2c(O)cc(O)cc2o1. The van der Waals surface area contributed by atoms with E-state index in [-0.39, 0.29) is 27.9 Å². The van der Waals surface area contributed by atoms with Crippen LogP contribution < -0.4 is 5.43 Å². The van der Waals surface area contributed by atoms with Crippen LogP contribution in [0.2, 0.25) is 0 Å². The lowest BCUT2D eigenvalue weighted by Crippen LogP contribution is -2.02. The van der Waals surface area contributed by atoms with Crippen molar-refractivity contribution < 1.29 is 14.6 Å². The molecule has 0 fully saturated rings. The monoisotopic (exact) mass is 528 g/mol. The van der Waals surface area contributed by atoms with Crippen LogP contribution in [-0.4, -0.2) is 10.2 Å². The molecule has 0 aliphatic heterocycles. The van der Waals surface area contributed by atoms with Gasteiger partial charge < -0.3 is 14.6 Å². The van der Waals surface area contributed by atoms with Crippen LogP contribution in [0, 0.1) is 0 Å². The van der Waals surface area contributed by atoms with Crippen LogP contribution >= 0.6 is 0 Å². The molecule has 1 heterocycles. The Morgan fingerprint density at radius 1 is 0.553 bits per heavy atom. The van der Waals surface area contributed by atoms with Gasteiger partial charge in [-0.15, -0.1) is 0 Å². The van der Waals surface area contributed by atoms with Crippen molar-refractivity contribution in [2.75, 3.05) is 0 Å². The molecule has 0 radical (unpaired) electrons. The highest BCUT2D eigenvalue weighted by Gasteiger charge is 2.10. The van der Waals surface area contributed by atoms with Crippen molar-refractivity contribution in [3.8, 4) is 11.5 Å². The number of hydrogen-bond acceptors (Lipinski definition) is 4. The van der Waals surface area contributed by atoms with Gasteiger partial charge in [-0.1, -0.05) is 148 Å². The Labute approximate surface area is 232 Å². The Bertz CT molecular complexity index is 917. The lowest BCUT2D eigenvalue weighted by Gasteiger charge is -2.06. The Balaban J connectivity index is 1.33. The summed E-state index contributed by atoms with van der Waals surface area (Å²) in [5, 5.41) is 19.6. The number of rotatable bonds is 24. The topological polar surface area (TPSA) is 70.7 Å². The van der Waals surface area contributed by atoms with Gasteiger partial charge in [0.15, 0.2) is 5.43 Å². The van der Waals surface area contributed by atoms with Crippen molar-refractivity contribution >= 4 is 11.0 Å². The molecule has 1 aromatic carbocycles. The van der Waals surface area contributed by atoms with Gasteiger partial charge in [0.1, 0.15) is 28.2 Å². The number of hydrogen-bond donors (Lipinski definition) is 2. The molecule has 4 heteroatoms. The van der Waals surface area contributed by atoms with E-state index in [1.807, 2.05) is 0 Å². The van der Waals surface area contributed by atoms with Gasteiger partial charge in [-0.2, -0.15) is 0 Å². The van der Waals surface area contributed by atoms with E-state index in [2.05, 4.69) is 6.92 Å². The van der Waals surface area contributed by atoms with Gasteiger partial charge in [-0.05, 0) is 6.42 Å². The van der Waals surface area contributed by atoms with E-state index in [1.54, 1.807) is 0 Å². The van der Waals surface area contributed by atoms with E-state index in [0.29, 0.717) is 12.2 Å². The number of unbranched alkanes of at least 4 members (excludes halogenated alkanes) is 22. The standard InChI is InChI=1S/C34H56O4/c1-2-3-4-5-6-7-8-9-10-11-12-13-14-15-16-17-18-19-20-21-22-23-24-25-30-28-32(37)34-31(36)26-29(35)27-33(34)38-30/h26-28,35-36H,2-25H2,1H3. The first-order valence-electron chi connectivity index (χ1n) is 16.1. The minimum absolute atomic E-state index is 0.102. The molecule has 0 aliphatic carbocycles. The van der Waals surface area contributed by atoms with E-state index in [0.717, 1.165) is 12.8 Å². The van der Waals surface area contributed by atoms with Crippen LogP contribution in [0.1, 0.15) is 160 Å². The minimum atomic E-state index is -0.257. The molecule has 0 spiro atoms. The number of fused-ring (bicyclic) bond motifs is 1. The summed E-state index contributed by atoms with van der Waals surface area (Å²) in [5.74, 6) is 0.283. The molecule has 216 valence electrons. The molecule has 0 atom stereocenters. The lowest BCUT2D eigenvalue weighted by atomic mass is 10.0. The van der Waals surface area contributed by atoms with Gasteiger partial charge in [0.2, 0.25) is 0 Å². The molecule has 4 nitrogen and oxygen atoms in total. The van der Waals surface area contributed by atoms with Gasteiger partial charge in [-0.3, -0.25) is 4.79 Å². The molecule has 0 unspecified atom stereocenters. The summed E-state index contributed by atoms with van der Waals surface area (Å²) in [4.78, 5) is 12.3. The normalized spacial score (nSPS) is 11.5. The Hall–Kier alpha value is -1.97. The predicted molar refractivity (Wildman–Crippen MR) is 161 cm³/mol. The average molecular weight is 529 g/mol. The third-order valence-corrected chi connectivity index (χ3v) is 7.87. The van der Waals surface area contributed by atoms with Crippen molar-refractivity contribution in [2.24, 2.45) is 0 Å². The molecule has 2 aromatic rings. The molecule has 38 heavy (non-hydrogen) atoms. The molecule has 0 amide bonds.